The largest absolute Gasteiger partial charge is 0.492 e. The molecule has 0 radical (unpaired) electrons. The minimum Gasteiger partial charge on any atom is -0.492 e. The number of aromatic nitrogens is 1. The van der Waals surface area contributed by atoms with Crippen molar-refractivity contribution >= 4 is 15.9 Å². The molecule has 12 heteroatoms. The molecule has 1 aliphatic carbocycles. The minimum atomic E-state index is -4.37. The molecule has 1 atom stereocenters. The second-order valence-electron chi connectivity index (χ2n) is 9.98. The van der Waals surface area contributed by atoms with Crippen LogP contribution in [0.3, 0.4) is 0 Å². The third-order valence-electron chi connectivity index (χ3n) is 6.37. The quantitative estimate of drug-likeness (QED) is 0.288. The molecule has 2 aromatic carbocycles. The van der Waals surface area contributed by atoms with Gasteiger partial charge in [-0.3, -0.25) is 9.78 Å². The number of hydrogen-bond donors (Lipinski definition) is 1. The SMILES string of the molecule is CC[C@@H](Oc1ccc(C(=O)NS(=O)(=O)c2ccc(OCCN(C)C)cc2)c(F)c1F)c1ccc(OCC2CC2)cn1. The van der Waals surface area contributed by atoms with E-state index < -0.39 is 45.0 Å². The molecule has 9 nitrogen and oxygen atoms in total. The molecular formula is C29H33F2N3O6S. The predicted octanol–water partition coefficient (Wildman–Crippen LogP) is 4.74. The second kappa shape index (κ2) is 13.3. The molecule has 1 aliphatic rings. The highest BCUT2D eigenvalue weighted by Gasteiger charge is 2.26. The van der Waals surface area contributed by atoms with Gasteiger partial charge in [-0.15, -0.1) is 0 Å². The van der Waals surface area contributed by atoms with Gasteiger partial charge in [0, 0.05) is 6.54 Å². The fraction of sp³-hybridized carbons (Fsp3) is 0.379. The van der Waals surface area contributed by atoms with Crippen LogP contribution in [0.2, 0.25) is 0 Å². The Bertz CT molecular complexity index is 1450. The van der Waals surface area contributed by atoms with Crippen LogP contribution in [0, 0.1) is 17.6 Å². The first-order valence-electron chi connectivity index (χ1n) is 13.3. The summed E-state index contributed by atoms with van der Waals surface area (Å²) < 4.78 is 73.9. The van der Waals surface area contributed by atoms with E-state index in [9.17, 15) is 22.0 Å². The first-order valence-corrected chi connectivity index (χ1v) is 14.7. The maximum Gasteiger partial charge on any atom is 0.268 e. The number of amides is 1. The summed E-state index contributed by atoms with van der Waals surface area (Å²) in [7, 11) is -0.586. The highest BCUT2D eigenvalue weighted by Crippen LogP contribution is 2.31. The van der Waals surface area contributed by atoms with Crippen LogP contribution >= 0.6 is 0 Å². The van der Waals surface area contributed by atoms with Crippen LogP contribution in [0.5, 0.6) is 17.2 Å². The Balaban J connectivity index is 1.40. The number of rotatable bonds is 14. The smallest absolute Gasteiger partial charge is 0.268 e. The average Bonchev–Trinajstić information content (AvgIpc) is 3.78. The number of benzene rings is 2. The molecule has 1 heterocycles. The summed E-state index contributed by atoms with van der Waals surface area (Å²) >= 11 is 0. The Morgan fingerprint density at radius 2 is 1.73 bits per heavy atom. The summed E-state index contributed by atoms with van der Waals surface area (Å²) in [6.07, 6.45) is 3.58. The topological polar surface area (TPSA) is 107 Å². The zero-order chi connectivity index (χ0) is 29.6. The van der Waals surface area contributed by atoms with Gasteiger partial charge in [0.15, 0.2) is 11.6 Å². The van der Waals surface area contributed by atoms with Crippen molar-refractivity contribution in [3.63, 3.8) is 0 Å². The summed E-state index contributed by atoms with van der Waals surface area (Å²) in [5.41, 5.74) is -0.293. The van der Waals surface area contributed by atoms with E-state index in [1.54, 1.807) is 30.0 Å². The monoisotopic (exact) mass is 589 g/mol. The molecule has 1 aromatic heterocycles. The van der Waals surface area contributed by atoms with Gasteiger partial charge >= 0.3 is 0 Å². The third kappa shape index (κ3) is 8.14. The zero-order valence-corrected chi connectivity index (χ0v) is 23.9. The molecule has 41 heavy (non-hydrogen) atoms. The van der Waals surface area contributed by atoms with Gasteiger partial charge in [-0.25, -0.2) is 17.5 Å². The van der Waals surface area contributed by atoms with Crippen molar-refractivity contribution in [1.82, 2.24) is 14.6 Å². The van der Waals surface area contributed by atoms with Gasteiger partial charge in [0.05, 0.1) is 29.0 Å². The van der Waals surface area contributed by atoms with E-state index in [2.05, 4.69) is 4.98 Å². The fourth-order valence-electron chi connectivity index (χ4n) is 3.77. The van der Waals surface area contributed by atoms with Crippen LogP contribution in [-0.4, -0.2) is 58.1 Å². The van der Waals surface area contributed by atoms with Crippen molar-refractivity contribution in [2.24, 2.45) is 5.92 Å². The van der Waals surface area contributed by atoms with Crippen LogP contribution in [-0.2, 0) is 10.0 Å². The lowest BCUT2D eigenvalue weighted by atomic mass is 10.1. The summed E-state index contributed by atoms with van der Waals surface area (Å²) in [4.78, 5) is 18.7. The number of carbonyl (C=O) groups excluding carboxylic acids is 1. The second-order valence-corrected chi connectivity index (χ2v) is 11.7. The maximum atomic E-state index is 14.9. The number of nitrogens with zero attached hydrogens (tertiary/aromatic N) is 2. The Morgan fingerprint density at radius 1 is 1.02 bits per heavy atom. The van der Waals surface area contributed by atoms with Crippen LogP contribution in [0.25, 0.3) is 0 Å². The van der Waals surface area contributed by atoms with Crippen molar-refractivity contribution in [3.8, 4) is 17.2 Å². The summed E-state index contributed by atoms with van der Waals surface area (Å²) in [5.74, 6) is -3.07. The number of likely N-dealkylation sites (N-methyl/N-ethyl adjacent to an activating group) is 1. The van der Waals surface area contributed by atoms with Crippen molar-refractivity contribution in [3.05, 3.63) is 77.6 Å². The number of halogens is 2. The molecule has 220 valence electrons. The van der Waals surface area contributed by atoms with Gasteiger partial charge in [0.25, 0.3) is 15.9 Å². The molecule has 1 saturated carbocycles. The first kappa shape index (κ1) is 30.2. The molecule has 0 saturated heterocycles. The molecule has 1 N–H and O–H groups in total. The molecule has 0 aliphatic heterocycles. The lowest BCUT2D eigenvalue weighted by molar-refractivity contribution is 0.0976. The van der Waals surface area contributed by atoms with Crippen molar-refractivity contribution in [1.29, 1.82) is 0 Å². The standard InChI is InChI=1S/C29H33F2N3O6S/c1-4-25(24-13-9-21(17-32-24)39-18-19-5-6-19)40-26-14-12-23(27(30)28(26)31)29(35)33-41(36,37)22-10-7-20(8-11-22)38-16-15-34(2)3/h7-14,17,19,25H,4-6,15-16,18H2,1-3H3,(H,33,35)/t25-/m1/s1. The average molecular weight is 590 g/mol. The first-order chi connectivity index (χ1) is 19.6. The molecule has 0 bridgehead atoms. The van der Waals surface area contributed by atoms with Crippen molar-refractivity contribution in [2.75, 3.05) is 33.9 Å². The van der Waals surface area contributed by atoms with E-state index in [0.29, 0.717) is 49.3 Å². The number of ether oxygens (including phenoxy) is 3. The predicted molar refractivity (Wildman–Crippen MR) is 148 cm³/mol. The molecule has 0 spiro atoms. The Kier molecular flexibility index (Phi) is 9.77. The van der Waals surface area contributed by atoms with Gasteiger partial charge in [-0.1, -0.05) is 6.92 Å². The van der Waals surface area contributed by atoms with Crippen LogP contribution in [0.1, 0.15) is 48.3 Å². The van der Waals surface area contributed by atoms with Crippen molar-refractivity contribution < 1.29 is 36.2 Å². The maximum absolute atomic E-state index is 14.9. The molecule has 0 unspecified atom stereocenters. The molecule has 1 fully saturated rings. The summed E-state index contributed by atoms with van der Waals surface area (Å²) in [5, 5.41) is 0. The van der Waals surface area contributed by atoms with Gasteiger partial charge < -0.3 is 19.1 Å². The minimum absolute atomic E-state index is 0.242. The van der Waals surface area contributed by atoms with E-state index >= 15 is 0 Å². The Morgan fingerprint density at radius 3 is 2.34 bits per heavy atom. The van der Waals surface area contributed by atoms with E-state index in [-0.39, 0.29) is 4.90 Å². The normalized spacial score (nSPS) is 14.0. The summed E-state index contributed by atoms with van der Waals surface area (Å²) in [6.45, 7) is 3.50. The lowest BCUT2D eigenvalue weighted by Gasteiger charge is -2.18. The fourth-order valence-corrected chi connectivity index (χ4v) is 4.73. The van der Waals surface area contributed by atoms with Gasteiger partial charge in [-0.2, -0.15) is 4.39 Å². The molecular weight excluding hydrogens is 556 g/mol. The molecule has 1 amide bonds. The van der Waals surface area contributed by atoms with Gasteiger partial charge in [-0.05, 0) is 87.8 Å². The Hall–Kier alpha value is -3.77. The van der Waals surface area contributed by atoms with Gasteiger partial charge in [0.2, 0.25) is 5.82 Å². The number of sulfonamides is 1. The molecule has 4 rings (SSSR count). The highest BCUT2D eigenvalue weighted by molar-refractivity contribution is 7.90. The third-order valence-corrected chi connectivity index (χ3v) is 7.72. The number of nitrogens with one attached hydrogen (secondary N) is 1. The highest BCUT2D eigenvalue weighted by atomic mass is 32.2. The van der Waals surface area contributed by atoms with E-state index in [1.807, 2.05) is 19.0 Å². The molecule has 3 aromatic rings. The number of hydrogen-bond acceptors (Lipinski definition) is 8. The van der Waals surface area contributed by atoms with E-state index in [0.717, 1.165) is 25.0 Å². The van der Waals surface area contributed by atoms with E-state index in [1.165, 1.54) is 24.3 Å². The van der Waals surface area contributed by atoms with E-state index in [4.69, 9.17) is 14.2 Å². The van der Waals surface area contributed by atoms with Gasteiger partial charge in [0.1, 0.15) is 24.2 Å². The van der Waals surface area contributed by atoms with Crippen LogP contribution in [0.15, 0.2) is 59.6 Å². The Labute approximate surface area is 238 Å². The van der Waals surface area contributed by atoms with Crippen LogP contribution in [0.4, 0.5) is 8.78 Å². The number of carbonyl (C=O) groups is 1. The van der Waals surface area contributed by atoms with Crippen molar-refractivity contribution in [2.45, 2.75) is 37.2 Å². The lowest BCUT2D eigenvalue weighted by Crippen LogP contribution is -2.31. The number of pyridine rings is 1. The van der Waals surface area contributed by atoms with Crippen LogP contribution < -0.4 is 18.9 Å². The zero-order valence-electron chi connectivity index (χ0n) is 23.1. The summed E-state index contributed by atoms with van der Waals surface area (Å²) in [6, 6.07) is 10.9.